The van der Waals surface area contributed by atoms with Crippen molar-refractivity contribution in [2.24, 2.45) is 0 Å². The highest BCUT2D eigenvalue weighted by molar-refractivity contribution is 6.02. The van der Waals surface area contributed by atoms with Gasteiger partial charge in [0.1, 0.15) is 6.07 Å². The molecule has 0 N–H and O–H groups in total. The quantitative estimate of drug-likeness (QED) is 0.807. The molecule has 2 heterocycles. The fourth-order valence-corrected chi connectivity index (χ4v) is 2.06. The van der Waals surface area contributed by atoms with E-state index in [2.05, 4.69) is 10.1 Å². The molecule has 0 bridgehead atoms. The molecule has 2 aromatic heterocycles. The molecule has 6 nitrogen and oxygen atoms in total. The summed E-state index contributed by atoms with van der Waals surface area (Å²) in [6.45, 7) is 7.76. The van der Waals surface area contributed by atoms with E-state index in [1.165, 1.54) is 0 Å². The lowest BCUT2D eigenvalue weighted by Gasteiger charge is -2.11. The second-order valence-corrected chi connectivity index (χ2v) is 5.40. The van der Waals surface area contributed by atoms with Crippen LogP contribution in [0.3, 0.4) is 0 Å². The molecule has 6 heteroatoms. The summed E-state index contributed by atoms with van der Waals surface area (Å²) in [5.74, 6) is -0.346. The summed E-state index contributed by atoms with van der Waals surface area (Å²) in [6.07, 6.45) is 1.62. The van der Waals surface area contributed by atoms with Crippen molar-refractivity contribution >= 4 is 17.0 Å². The Morgan fingerprint density at radius 2 is 2.14 bits per heavy atom. The van der Waals surface area contributed by atoms with Crippen molar-refractivity contribution in [1.82, 2.24) is 14.8 Å². The number of rotatable bonds is 4. The minimum absolute atomic E-state index is 0.139. The Morgan fingerprint density at radius 1 is 1.43 bits per heavy atom. The molecule has 0 fully saturated rings. The lowest BCUT2D eigenvalue weighted by molar-refractivity contribution is 0.0557. The van der Waals surface area contributed by atoms with Crippen LogP contribution >= 0.6 is 0 Å². The molecular weight excluding hydrogens is 268 g/mol. The van der Waals surface area contributed by atoms with Gasteiger partial charge < -0.3 is 4.74 Å². The van der Waals surface area contributed by atoms with E-state index in [0.717, 1.165) is 5.69 Å². The van der Waals surface area contributed by atoms with E-state index in [4.69, 9.17) is 10.00 Å². The van der Waals surface area contributed by atoms with E-state index in [1.807, 2.05) is 27.7 Å². The first-order chi connectivity index (χ1) is 9.95. The van der Waals surface area contributed by atoms with Crippen LogP contribution in [0.1, 0.15) is 55.7 Å². The number of hydrogen-bond donors (Lipinski definition) is 0. The van der Waals surface area contributed by atoms with Crippen LogP contribution in [0.15, 0.2) is 12.3 Å². The maximum Gasteiger partial charge on any atom is 0.340 e. The van der Waals surface area contributed by atoms with Crippen molar-refractivity contribution < 1.29 is 9.53 Å². The molecule has 0 aliphatic carbocycles. The minimum Gasteiger partial charge on any atom is -0.447 e. The lowest BCUT2D eigenvalue weighted by atomic mass is 10.1. The number of carbonyl (C=O) groups is 1. The van der Waals surface area contributed by atoms with E-state index < -0.39 is 5.97 Å². The second kappa shape index (κ2) is 5.92. The minimum atomic E-state index is -0.519. The highest BCUT2D eigenvalue weighted by Crippen LogP contribution is 2.24. The van der Waals surface area contributed by atoms with Crippen molar-refractivity contribution in [2.75, 3.05) is 6.61 Å². The van der Waals surface area contributed by atoms with Gasteiger partial charge in [-0.1, -0.05) is 13.8 Å². The van der Waals surface area contributed by atoms with Crippen LogP contribution in [-0.4, -0.2) is 27.3 Å². The number of nitriles is 1. The number of pyridine rings is 1. The molecule has 2 rings (SSSR count). The second-order valence-electron chi connectivity index (χ2n) is 5.40. The number of fused-ring (bicyclic) bond motifs is 1. The van der Waals surface area contributed by atoms with Gasteiger partial charge >= 0.3 is 5.97 Å². The molecule has 0 atom stereocenters. The highest BCUT2D eigenvalue weighted by Gasteiger charge is 2.19. The van der Waals surface area contributed by atoms with Crippen LogP contribution in [-0.2, 0) is 4.74 Å². The highest BCUT2D eigenvalue weighted by atomic mass is 16.5. The zero-order valence-corrected chi connectivity index (χ0v) is 12.6. The predicted octanol–water partition coefficient (Wildman–Crippen LogP) is 2.82. The maximum absolute atomic E-state index is 12.1. The Balaban J connectivity index is 2.63. The normalized spacial score (nSPS) is 11.1. The predicted molar refractivity (Wildman–Crippen MR) is 77.9 cm³/mol. The van der Waals surface area contributed by atoms with E-state index >= 15 is 0 Å². The fourth-order valence-electron chi connectivity index (χ4n) is 2.06. The van der Waals surface area contributed by atoms with Crippen LogP contribution in [0.5, 0.6) is 0 Å². The Bertz CT molecular complexity index is 710. The molecule has 0 amide bonds. The van der Waals surface area contributed by atoms with E-state index in [0.29, 0.717) is 16.6 Å². The van der Waals surface area contributed by atoms with Crippen molar-refractivity contribution in [2.45, 2.75) is 39.7 Å². The van der Waals surface area contributed by atoms with Gasteiger partial charge in [-0.3, -0.25) is 0 Å². The van der Waals surface area contributed by atoms with Gasteiger partial charge in [-0.2, -0.15) is 10.4 Å². The SMILES string of the molecule is CC(C)c1cc(C(=O)OCC#N)c2cnn(C(C)C)c2n1. The first-order valence-electron chi connectivity index (χ1n) is 6.88. The molecule has 0 radical (unpaired) electrons. The van der Waals surface area contributed by atoms with Crippen molar-refractivity contribution in [3.8, 4) is 6.07 Å². The molecule has 0 aliphatic rings. The van der Waals surface area contributed by atoms with Gasteiger partial charge in [-0.25, -0.2) is 14.5 Å². The summed E-state index contributed by atoms with van der Waals surface area (Å²) in [4.78, 5) is 16.7. The van der Waals surface area contributed by atoms with E-state index in [9.17, 15) is 4.79 Å². The first kappa shape index (κ1) is 15.0. The van der Waals surface area contributed by atoms with Crippen LogP contribution < -0.4 is 0 Å². The van der Waals surface area contributed by atoms with Crippen LogP contribution in [0, 0.1) is 11.3 Å². The van der Waals surface area contributed by atoms with Gasteiger partial charge in [-0.05, 0) is 25.8 Å². The first-order valence-corrected chi connectivity index (χ1v) is 6.88. The maximum atomic E-state index is 12.1. The summed E-state index contributed by atoms with van der Waals surface area (Å²) in [5.41, 5.74) is 1.87. The molecule has 0 spiro atoms. The summed E-state index contributed by atoms with van der Waals surface area (Å²) >= 11 is 0. The summed E-state index contributed by atoms with van der Waals surface area (Å²) < 4.78 is 6.71. The molecule has 0 saturated carbocycles. The monoisotopic (exact) mass is 286 g/mol. The topological polar surface area (TPSA) is 80.8 Å². The average Bonchev–Trinajstić information content (AvgIpc) is 2.87. The number of aromatic nitrogens is 3. The molecular formula is C15H18N4O2. The third-order valence-electron chi connectivity index (χ3n) is 3.15. The molecule has 0 unspecified atom stereocenters. The number of ether oxygens (including phenoxy) is 1. The Kier molecular flexibility index (Phi) is 4.22. The molecule has 0 aliphatic heterocycles. The van der Waals surface area contributed by atoms with Gasteiger partial charge in [-0.15, -0.1) is 0 Å². The number of hydrogen-bond acceptors (Lipinski definition) is 5. The third-order valence-corrected chi connectivity index (χ3v) is 3.15. The molecule has 110 valence electrons. The Morgan fingerprint density at radius 3 is 2.71 bits per heavy atom. The van der Waals surface area contributed by atoms with Crippen molar-refractivity contribution in [3.63, 3.8) is 0 Å². The van der Waals surface area contributed by atoms with E-state index in [-0.39, 0.29) is 18.6 Å². The summed E-state index contributed by atoms with van der Waals surface area (Å²) in [6, 6.07) is 3.66. The summed E-state index contributed by atoms with van der Waals surface area (Å²) in [7, 11) is 0. The van der Waals surface area contributed by atoms with Gasteiger partial charge in [0.05, 0.1) is 17.1 Å². The number of esters is 1. The largest absolute Gasteiger partial charge is 0.447 e. The van der Waals surface area contributed by atoms with Gasteiger partial charge in [0.2, 0.25) is 0 Å². The van der Waals surface area contributed by atoms with Gasteiger partial charge in [0.15, 0.2) is 12.3 Å². The average molecular weight is 286 g/mol. The number of nitrogens with zero attached hydrogens (tertiary/aromatic N) is 4. The smallest absolute Gasteiger partial charge is 0.340 e. The zero-order chi connectivity index (χ0) is 15.6. The van der Waals surface area contributed by atoms with Gasteiger partial charge in [0, 0.05) is 11.7 Å². The van der Waals surface area contributed by atoms with Crippen LogP contribution in [0.25, 0.3) is 11.0 Å². The molecule has 0 aromatic carbocycles. The zero-order valence-electron chi connectivity index (χ0n) is 12.6. The molecule has 2 aromatic rings. The Labute approximate surface area is 123 Å². The lowest BCUT2D eigenvalue weighted by Crippen LogP contribution is -2.10. The van der Waals surface area contributed by atoms with Crippen LogP contribution in [0.4, 0.5) is 0 Å². The fraction of sp³-hybridized carbons (Fsp3) is 0.467. The third kappa shape index (κ3) is 2.87. The van der Waals surface area contributed by atoms with Gasteiger partial charge in [0.25, 0.3) is 0 Å². The van der Waals surface area contributed by atoms with Crippen molar-refractivity contribution in [1.29, 1.82) is 5.26 Å². The summed E-state index contributed by atoms with van der Waals surface area (Å²) in [5, 5.41) is 13.5. The van der Waals surface area contributed by atoms with Crippen molar-refractivity contribution in [3.05, 3.63) is 23.5 Å². The standard InChI is InChI=1S/C15H18N4O2/c1-9(2)13-7-11(15(20)21-6-5-16)12-8-17-19(10(3)4)14(12)18-13/h7-10H,6H2,1-4H3. The number of carbonyl (C=O) groups excluding carboxylic acids is 1. The molecule has 21 heavy (non-hydrogen) atoms. The van der Waals surface area contributed by atoms with E-state index in [1.54, 1.807) is 23.0 Å². The Hall–Kier alpha value is -2.42. The molecule has 0 saturated heterocycles. The van der Waals surface area contributed by atoms with Crippen LogP contribution in [0.2, 0.25) is 0 Å².